The minimum absolute atomic E-state index is 0.0165. The molecule has 0 fully saturated rings. The molecule has 0 bridgehead atoms. The van der Waals surface area contributed by atoms with E-state index in [0.29, 0.717) is 21.4 Å². The zero-order valence-electron chi connectivity index (χ0n) is 19.0. The Labute approximate surface area is 239 Å². The number of alkyl halides is 3. The first-order valence-electron chi connectivity index (χ1n) is 10.8. The molecular formula is C26H20BrCl3F3NO2S. The molecule has 0 saturated heterocycles. The highest BCUT2D eigenvalue weighted by Crippen LogP contribution is 2.41. The van der Waals surface area contributed by atoms with Gasteiger partial charge < -0.3 is 9.87 Å². The van der Waals surface area contributed by atoms with Gasteiger partial charge in [0.15, 0.2) is 0 Å². The van der Waals surface area contributed by atoms with Crippen molar-refractivity contribution in [3.8, 4) is 0 Å². The Morgan fingerprint density at radius 3 is 2.30 bits per heavy atom. The summed E-state index contributed by atoms with van der Waals surface area (Å²) in [7, 11) is 0. The number of allylic oxidation sites excluding steroid dienone is 1. The fourth-order valence-corrected chi connectivity index (χ4v) is 5.62. The van der Waals surface area contributed by atoms with Gasteiger partial charge in [0.2, 0.25) is 0 Å². The van der Waals surface area contributed by atoms with Gasteiger partial charge in [-0.1, -0.05) is 83.4 Å². The lowest BCUT2D eigenvalue weighted by Crippen LogP contribution is -2.29. The van der Waals surface area contributed by atoms with Crippen molar-refractivity contribution >= 4 is 73.9 Å². The van der Waals surface area contributed by atoms with Crippen LogP contribution in [0.4, 0.5) is 13.2 Å². The smallest absolute Gasteiger partial charge is 0.399 e. The molecule has 3 aromatic carbocycles. The van der Waals surface area contributed by atoms with Crippen LogP contribution in [0.1, 0.15) is 33.0 Å². The summed E-state index contributed by atoms with van der Waals surface area (Å²) in [6.07, 6.45) is -2.32. The first-order valence-corrected chi connectivity index (χ1v) is 14.2. The monoisotopic (exact) mass is 651 g/mol. The van der Waals surface area contributed by atoms with Crippen LogP contribution in [0.25, 0.3) is 6.08 Å². The van der Waals surface area contributed by atoms with Crippen LogP contribution in [-0.2, 0) is 16.9 Å². The number of carbonyl (C=O) groups is 1. The van der Waals surface area contributed by atoms with E-state index in [1.807, 2.05) is 30.3 Å². The molecule has 2 unspecified atom stereocenters. The molecule has 0 heterocycles. The topological polar surface area (TPSA) is 52.2 Å². The van der Waals surface area contributed by atoms with Gasteiger partial charge in [0.25, 0.3) is 5.91 Å². The lowest BCUT2D eigenvalue weighted by atomic mass is 9.97. The van der Waals surface area contributed by atoms with Gasteiger partial charge in [-0.25, -0.2) is 0 Å². The van der Waals surface area contributed by atoms with Crippen LogP contribution in [0, 0.1) is 0 Å². The molecule has 0 saturated carbocycles. The average Bonchev–Trinajstić information content (AvgIpc) is 2.82. The minimum atomic E-state index is -4.60. The lowest BCUT2D eigenvalue weighted by Gasteiger charge is -2.18. The van der Waals surface area contributed by atoms with Crippen molar-refractivity contribution in [2.24, 2.45) is 0 Å². The third kappa shape index (κ3) is 8.67. The molecule has 0 spiro atoms. The van der Waals surface area contributed by atoms with Crippen LogP contribution in [0.5, 0.6) is 0 Å². The van der Waals surface area contributed by atoms with Crippen LogP contribution < -0.4 is 5.32 Å². The quantitative estimate of drug-likeness (QED) is 0.186. The van der Waals surface area contributed by atoms with Crippen LogP contribution in [-0.4, -0.2) is 28.9 Å². The number of nitrogens with one attached hydrogen (secondary N) is 1. The van der Waals surface area contributed by atoms with E-state index in [9.17, 15) is 22.5 Å². The highest BCUT2D eigenvalue weighted by atomic mass is 79.9. The van der Waals surface area contributed by atoms with Crippen molar-refractivity contribution in [3.63, 3.8) is 0 Å². The second kappa shape index (κ2) is 13.4. The first-order chi connectivity index (χ1) is 17.5. The normalized spacial score (nSPS) is 13.5. The number of amides is 1. The van der Waals surface area contributed by atoms with E-state index in [1.54, 1.807) is 0 Å². The van der Waals surface area contributed by atoms with Crippen molar-refractivity contribution in [1.82, 2.24) is 5.32 Å². The summed E-state index contributed by atoms with van der Waals surface area (Å²) >= 11 is 19.9. The van der Waals surface area contributed by atoms with Crippen molar-refractivity contribution in [2.45, 2.75) is 17.8 Å². The van der Waals surface area contributed by atoms with Gasteiger partial charge >= 0.3 is 6.18 Å². The Morgan fingerprint density at radius 1 is 1.05 bits per heavy atom. The molecule has 0 radical (unpaired) electrons. The van der Waals surface area contributed by atoms with Crippen molar-refractivity contribution in [2.75, 3.05) is 12.3 Å². The Bertz CT molecular complexity index is 1250. The predicted octanol–water partition coefficient (Wildman–Crippen LogP) is 8.45. The molecule has 37 heavy (non-hydrogen) atoms. The number of benzene rings is 3. The van der Waals surface area contributed by atoms with Gasteiger partial charge in [0.1, 0.15) is 11.5 Å². The summed E-state index contributed by atoms with van der Waals surface area (Å²) in [5.41, 5.74) is 1.54. The molecule has 0 aliphatic carbocycles. The number of halogens is 7. The van der Waals surface area contributed by atoms with Crippen molar-refractivity contribution < 1.29 is 22.5 Å². The third-order valence-corrected chi connectivity index (χ3v) is 8.39. The molecule has 3 aromatic rings. The molecule has 196 valence electrons. The summed E-state index contributed by atoms with van der Waals surface area (Å²) in [5.74, 6) is -1.68. The lowest BCUT2D eigenvalue weighted by molar-refractivity contribution is -0.139. The second-order valence-electron chi connectivity index (χ2n) is 7.95. The van der Waals surface area contributed by atoms with Crippen LogP contribution >= 0.6 is 50.7 Å². The third-order valence-electron chi connectivity index (χ3n) is 5.22. The van der Waals surface area contributed by atoms with Gasteiger partial charge in [0.05, 0.1) is 33.1 Å². The molecule has 11 heteroatoms. The molecule has 0 aliphatic heterocycles. The van der Waals surface area contributed by atoms with E-state index in [1.165, 1.54) is 24.3 Å². The van der Waals surface area contributed by atoms with E-state index >= 15 is 0 Å². The van der Waals surface area contributed by atoms with Crippen molar-refractivity contribution in [1.29, 1.82) is 0 Å². The van der Waals surface area contributed by atoms with Crippen LogP contribution in [0.15, 0.2) is 71.2 Å². The predicted molar refractivity (Wildman–Crippen MR) is 149 cm³/mol. The molecular weight excluding hydrogens is 634 g/mol. The van der Waals surface area contributed by atoms with Gasteiger partial charge in [-0.05, 0) is 62.5 Å². The second-order valence-corrected chi connectivity index (χ2v) is 11.6. The van der Waals surface area contributed by atoms with E-state index in [4.69, 9.17) is 34.8 Å². The Kier molecular flexibility index (Phi) is 10.8. The van der Waals surface area contributed by atoms with Crippen LogP contribution in [0.2, 0.25) is 15.1 Å². The number of hydrogen-bond acceptors (Lipinski definition) is 2. The average molecular weight is 654 g/mol. The van der Waals surface area contributed by atoms with Crippen LogP contribution in [0.3, 0.4) is 0 Å². The summed E-state index contributed by atoms with van der Waals surface area (Å²) in [6, 6.07) is 16.2. The van der Waals surface area contributed by atoms with Gasteiger partial charge in [-0.2, -0.15) is 13.2 Å². The molecule has 0 aliphatic rings. The van der Waals surface area contributed by atoms with E-state index in [2.05, 4.69) is 21.2 Å². The highest BCUT2D eigenvalue weighted by molar-refractivity contribution is 9.10. The van der Waals surface area contributed by atoms with Gasteiger partial charge in [-0.15, -0.1) is 0 Å². The summed E-state index contributed by atoms with van der Waals surface area (Å²) in [5, 5.41) is 2.55. The molecule has 1 N–H and O–H groups in total. The molecule has 0 aromatic heterocycles. The molecule has 1 amide bonds. The minimum Gasteiger partial charge on any atom is -0.616 e. The fourth-order valence-electron chi connectivity index (χ4n) is 3.40. The standard InChI is InChI=1S/C26H20BrCl3F3NO2S/c27-21-12-16(7-9-20(26(31,32)33)18-13-22(28)24(30)23(29)14-18)6-8-19(21)25(35)34-10-11-37(36)15-17-4-2-1-3-5-17/h1-9,12-14,20H,10-11,15H2,(H,34,35)/b9-7+. The summed E-state index contributed by atoms with van der Waals surface area (Å²) in [4.78, 5) is 12.5. The summed E-state index contributed by atoms with van der Waals surface area (Å²) < 4.78 is 53.9. The molecule has 3 nitrogen and oxygen atoms in total. The Hall–Kier alpha value is -1.68. The maximum Gasteiger partial charge on any atom is 0.399 e. The Balaban J connectivity index is 1.65. The number of carbonyl (C=O) groups excluding carboxylic acids is 1. The molecule has 3 rings (SSSR count). The summed E-state index contributed by atoms with van der Waals surface area (Å²) in [6.45, 7) is 0.214. The Morgan fingerprint density at radius 2 is 1.70 bits per heavy atom. The van der Waals surface area contributed by atoms with E-state index in [0.717, 1.165) is 23.8 Å². The largest absolute Gasteiger partial charge is 0.616 e. The maximum atomic E-state index is 13.8. The van der Waals surface area contributed by atoms with E-state index in [-0.39, 0.29) is 32.9 Å². The molecule has 2 atom stereocenters. The van der Waals surface area contributed by atoms with Crippen molar-refractivity contribution in [3.05, 3.63) is 109 Å². The fraction of sp³-hybridized carbons (Fsp3) is 0.192. The number of rotatable bonds is 9. The number of hydrogen-bond donors (Lipinski definition) is 1. The van der Waals surface area contributed by atoms with Gasteiger partial charge in [0, 0.05) is 10.0 Å². The highest BCUT2D eigenvalue weighted by Gasteiger charge is 2.39. The zero-order chi connectivity index (χ0) is 27.2. The maximum absolute atomic E-state index is 13.8. The van der Waals surface area contributed by atoms with Gasteiger partial charge in [-0.3, -0.25) is 4.79 Å². The SMILES string of the molecule is O=C(NCC[S+]([O-])Cc1ccccc1)c1ccc(/C=C/C(c2cc(Cl)c(Cl)c(Cl)c2)C(F)(F)F)cc1Br. The first kappa shape index (κ1) is 29.9. The zero-order valence-corrected chi connectivity index (χ0v) is 23.7. The van der Waals surface area contributed by atoms with E-state index < -0.39 is 29.2 Å².